The van der Waals surface area contributed by atoms with E-state index in [1.807, 2.05) is 52.0 Å². The van der Waals surface area contributed by atoms with Gasteiger partial charge in [-0.3, -0.25) is 14.2 Å². The Bertz CT molecular complexity index is 1370. The van der Waals surface area contributed by atoms with E-state index in [4.69, 9.17) is 16.0 Å². The minimum Gasteiger partial charge on any atom is -0.462 e. The summed E-state index contributed by atoms with van der Waals surface area (Å²) in [4.78, 5) is 34.0. The number of amides is 1. The Morgan fingerprint density at radius 2 is 1.88 bits per heavy atom. The van der Waals surface area contributed by atoms with Crippen LogP contribution in [0.1, 0.15) is 43.9 Å². The van der Waals surface area contributed by atoms with Crippen molar-refractivity contribution in [3.05, 3.63) is 89.5 Å². The fourth-order valence-corrected chi connectivity index (χ4v) is 5.05. The third-order valence-corrected chi connectivity index (χ3v) is 6.76. The van der Waals surface area contributed by atoms with Gasteiger partial charge in [-0.15, -0.1) is 0 Å². The molecule has 0 N–H and O–H groups in total. The number of carbonyl (C=O) groups excluding carboxylic acids is 1. The van der Waals surface area contributed by atoms with Crippen molar-refractivity contribution in [2.75, 3.05) is 13.1 Å². The molecule has 166 valence electrons. The van der Waals surface area contributed by atoms with Gasteiger partial charge in [-0.2, -0.15) is 0 Å². The van der Waals surface area contributed by atoms with Crippen LogP contribution in [0.15, 0.2) is 61.9 Å². The smallest absolute Gasteiger partial charge is 0.271 e. The number of hydrogen-bond donors (Lipinski definition) is 0. The molecule has 1 aliphatic rings. The molecule has 3 aromatic rings. The lowest BCUT2D eigenvalue weighted by atomic mass is 9.94. The number of likely N-dealkylation sites (N-methyl/N-ethyl adjacent to an activating group) is 1. The highest BCUT2D eigenvalue weighted by Gasteiger charge is 2.34. The third kappa shape index (κ3) is 3.98. The van der Waals surface area contributed by atoms with Gasteiger partial charge >= 0.3 is 0 Å². The van der Waals surface area contributed by atoms with E-state index in [0.29, 0.717) is 44.5 Å². The number of thiazole rings is 1. The van der Waals surface area contributed by atoms with Crippen molar-refractivity contribution in [3.8, 4) is 0 Å². The molecule has 0 spiro atoms. The van der Waals surface area contributed by atoms with Crippen LogP contribution in [0.4, 0.5) is 0 Å². The summed E-state index contributed by atoms with van der Waals surface area (Å²) in [5, 5.41) is 0.590. The predicted octanol–water partition coefficient (Wildman–Crippen LogP) is 3.66. The lowest BCUT2D eigenvalue weighted by Crippen LogP contribution is -2.43. The lowest BCUT2D eigenvalue weighted by Gasteiger charge is -2.29. The van der Waals surface area contributed by atoms with Gasteiger partial charge in [0.2, 0.25) is 0 Å². The first-order chi connectivity index (χ1) is 15.3. The van der Waals surface area contributed by atoms with Crippen molar-refractivity contribution < 1.29 is 9.21 Å². The third-order valence-electron chi connectivity index (χ3n) is 5.52. The van der Waals surface area contributed by atoms with Gasteiger partial charge in [-0.25, -0.2) is 4.99 Å². The van der Waals surface area contributed by atoms with E-state index in [2.05, 4.69) is 4.99 Å². The Hall–Kier alpha value is -2.90. The molecule has 2 aromatic heterocycles. The predicted molar refractivity (Wildman–Crippen MR) is 127 cm³/mol. The average Bonchev–Trinajstić information content (AvgIpc) is 3.31. The van der Waals surface area contributed by atoms with Crippen molar-refractivity contribution in [1.82, 2.24) is 9.47 Å². The number of carbonyl (C=O) groups is 1. The number of aryl methyl sites for hydroxylation is 1. The van der Waals surface area contributed by atoms with Crippen LogP contribution in [0.3, 0.4) is 0 Å². The first-order valence-corrected chi connectivity index (χ1v) is 11.7. The topological polar surface area (TPSA) is 67.8 Å². The van der Waals surface area contributed by atoms with E-state index in [1.54, 1.807) is 27.7 Å². The Kier molecular flexibility index (Phi) is 6.22. The van der Waals surface area contributed by atoms with Gasteiger partial charge in [-0.05, 0) is 57.5 Å². The van der Waals surface area contributed by atoms with E-state index >= 15 is 0 Å². The van der Waals surface area contributed by atoms with Crippen LogP contribution in [0, 0.1) is 6.92 Å². The van der Waals surface area contributed by atoms with Crippen molar-refractivity contribution in [1.29, 1.82) is 0 Å². The molecule has 0 radical (unpaired) electrons. The van der Waals surface area contributed by atoms with Crippen LogP contribution >= 0.6 is 22.9 Å². The molecule has 1 atom stereocenters. The number of allylic oxidation sites excluding steroid dienone is 1. The summed E-state index contributed by atoms with van der Waals surface area (Å²) in [7, 11) is 0. The molecule has 1 aromatic carbocycles. The molecular formula is C24H24ClN3O3S. The fraction of sp³-hybridized carbons (Fsp3) is 0.292. The molecule has 4 rings (SSSR count). The maximum absolute atomic E-state index is 13.5. The summed E-state index contributed by atoms with van der Waals surface area (Å²) in [6.45, 7) is 8.70. The summed E-state index contributed by atoms with van der Waals surface area (Å²) in [5.41, 5.74) is 1.72. The quantitative estimate of drug-likeness (QED) is 0.572. The molecule has 1 amide bonds. The van der Waals surface area contributed by atoms with E-state index in [-0.39, 0.29) is 11.5 Å². The Balaban J connectivity index is 1.96. The van der Waals surface area contributed by atoms with Gasteiger partial charge in [0.05, 0.1) is 21.8 Å². The number of aromatic nitrogens is 1. The molecule has 3 heterocycles. The minimum absolute atomic E-state index is 0.118. The minimum atomic E-state index is -0.586. The molecule has 0 unspecified atom stereocenters. The fourth-order valence-electron chi connectivity index (χ4n) is 3.90. The number of hydrogen-bond acceptors (Lipinski definition) is 5. The molecular weight excluding hydrogens is 446 g/mol. The number of furan rings is 1. The average molecular weight is 470 g/mol. The molecule has 0 aliphatic carbocycles. The van der Waals surface area contributed by atoms with Gasteiger partial charge in [-0.1, -0.05) is 35.1 Å². The van der Waals surface area contributed by atoms with E-state index in [0.717, 1.165) is 11.3 Å². The summed E-state index contributed by atoms with van der Waals surface area (Å²) in [5.74, 6) is 1.25. The van der Waals surface area contributed by atoms with Gasteiger partial charge < -0.3 is 9.32 Å². The summed E-state index contributed by atoms with van der Waals surface area (Å²) in [6.07, 6.45) is 1.72. The molecule has 8 heteroatoms. The van der Waals surface area contributed by atoms with Crippen LogP contribution in [-0.4, -0.2) is 28.5 Å². The first-order valence-electron chi connectivity index (χ1n) is 10.5. The van der Waals surface area contributed by atoms with E-state index in [9.17, 15) is 9.59 Å². The highest BCUT2D eigenvalue weighted by Crippen LogP contribution is 2.31. The van der Waals surface area contributed by atoms with Gasteiger partial charge in [0.15, 0.2) is 4.80 Å². The Morgan fingerprint density at radius 3 is 2.47 bits per heavy atom. The molecule has 0 saturated carbocycles. The van der Waals surface area contributed by atoms with Gasteiger partial charge in [0.1, 0.15) is 11.5 Å². The number of rotatable bonds is 5. The van der Waals surface area contributed by atoms with Gasteiger partial charge in [0.25, 0.3) is 11.5 Å². The first kappa shape index (κ1) is 22.3. The summed E-state index contributed by atoms with van der Waals surface area (Å²) < 4.78 is 7.74. The van der Waals surface area contributed by atoms with Crippen molar-refractivity contribution in [2.24, 2.45) is 4.99 Å². The molecule has 6 nitrogen and oxygen atoms in total. The molecule has 1 aliphatic heterocycles. The monoisotopic (exact) mass is 469 g/mol. The second-order valence-electron chi connectivity index (χ2n) is 7.56. The molecule has 0 saturated heterocycles. The maximum atomic E-state index is 13.5. The zero-order valence-corrected chi connectivity index (χ0v) is 20.0. The van der Waals surface area contributed by atoms with Crippen molar-refractivity contribution >= 4 is 34.9 Å². The normalized spacial score (nSPS) is 16.2. The molecule has 0 fully saturated rings. The number of nitrogens with zero attached hydrogens (tertiary/aromatic N) is 3. The zero-order chi connectivity index (χ0) is 23.0. The van der Waals surface area contributed by atoms with Crippen LogP contribution in [0.25, 0.3) is 6.08 Å². The summed E-state index contributed by atoms with van der Waals surface area (Å²) >= 11 is 7.40. The number of fused-ring (bicyclic) bond motifs is 1. The highest BCUT2D eigenvalue weighted by atomic mass is 35.5. The lowest BCUT2D eigenvalue weighted by molar-refractivity contribution is -0.127. The van der Waals surface area contributed by atoms with Crippen LogP contribution in [0.5, 0.6) is 0 Å². The second kappa shape index (κ2) is 8.92. The van der Waals surface area contributed by atoms with E-state index in [1.165, 1.54) is 11.3 Å². The van der Waals surface area contributed by atoms with Gasteiger partial charge in [0, 0.05) is 24.2 Å². The van der Waals surface area contributed by atoms with Crippen LogP contribution in [0.2, 0.25) is 5.02 Å². The van der Waals surface area contributed by atoms with Crippen LogP contribution < -0.4 is 14.9 Å². The second-order valence-corrected chi connectivity index (χ2v) is 9.00. The SMILES string of the molecule is CCN(CC)C(=O)C1=C(C)N=c2s/c(=C/c3ccc(C)o3)c(=O)n2[C@@H]1c1ccc(Cl)cc1. The Labute approximate surface area is 194 Å². The number of benzene rings is 1. The molecule has 32 heavy (non-hydrogen) atoms. The summed E-state index contributed by atoms with van der Waals surface area (Å²) in [6, 6.07) is 10.3. The standard InChI is InChI=1S/C24H24ClN3O3S/c1-5-27(6-2)23(30)20-15(4)26-24-28(21(20)16-8-10-17(25)11-9-16)22(29)19(32-24)13-18-12-7-14(3)31-18/h7-13,21H,5-6H2,1-4H3/b19-13+/t21-/m1/s1. The maximum Gasteiger partial charge on any atom is 0.271 e. The largest absolute Gasteiger partial charge is 0.462 e. The molecule has 0 bridgehead atoms. The van der Waals surface area contributed by atoms with Crippen molar-refractivity contribution in [2.45, 2.75) is 33.7 Å². The van der Waals surface area contributed by atoms with E-state index < -0.39 is 6.04 Å². The zero-order valence-electron chi connectivity index (χ0n) is 18.4. The Morgan fingerprint density at radius 1 is 1.19 bits per heavy atom. The van der Waals surface area contributed by atoms with Crippen molar-refractivity contribution in [3.63, 3.8) is 0 Å². The van der Waals surface area contributed by atoms with Crippen LogP contribution in [-0.2, 0) is 4.79 Å². The number of halogens is 1. The highest BCUT2D eigenvalue weighted by molar-refractivity contribution is 7.07.